The molecule has 2 aromatic rings. The molecule has 0 saturated carbocycles. The molecule has 2 saturated heterocycles. The van der Waals surface area contributed by atoms with Crippen LogP contribution in [0, 0.1) is 0 Å². The molecule has 9 heteroatoms. The second kappa shape index (κ2) is 9.48. The third-order valence-corrected chi connectivity index (χ3v) is 6.41. The summed E-state index contributed by atoms with van der Waals surface area (Å²) in [6, 6.07) is 8.98. The predicted octanol–water partition coefficient (Wildman–Crippen LogP) is 0.819. The number of rotatable bonds is 5. The second-order valence-electron chi connectivity index (χ2n) is 8.32. The van der Waals surface area contributed by atoms with Gasteiger partial charge in [-0.1, -0.05) is 23.7 Å². The van der Waals surface area contributed by atoms with Crippen molar-refractivity contribution in [3.63, 3.8) is 0 Å². The maximum atomic E-state index is 12.6. The highest BCUT2D eigenvalue weighted by atomic mass is 35.5. The molecule has 2 aliphatic heterocycles. The molecule has 2 N–H and O–H groups in total. The second-order valence-corrected chi connectivity index (χ2v) is 8.76. The molecule has 1 aromatic carbocycles. The van der Waals surface area contributed by atoms with E-state index in [0.717, 1.165) is 31.7 Å². The highest BCUT2D eigenvalue weighted by molar-refractivity contribution is 6.30. The van der Waals surface area contributed by atoms with Crippen molar-refractivity contribution < 1.29 is 15.0 Å². The largest absolute Gasteiger partial charge is 0.388 e. The molecule has 2 fully saturated rings. The van der Waals surface area contributed by atoms with Gasteiger partial charge < -0.3 is 20.0 Å². The fraction of sp³-hybridized carbons (Fsp3) is 0.500. The molecule has 0 spiro atoms. The van der Waals surface area contributed by atoms with E-state index in [1.807, 2.05) is 12.1 Å². The van der Waals surface area contributed by atoms with Crippen molar-refractivity contribution in [3.8, 4) is 0 Å². The monoisotopic (exact) mass is 445 g/mol. The molecule has 0 aliphatic carbocycles. The highest BCUT2D eigenvalue weighted by Gasteiger charge is 2.43. The third kappa shape index (κ3) is 5.33. The van der Waals surface area contributed by atoms with Crippen molar-refractivity contribution in [2.45, 2.75) is 24.5 Å². The van der Waals surface area contributed by atoms with Crippen LogP contribution in [-0.2, 0) is 11.2 Å². The van der Waals surface area contributed by atoms with Crippen molar-refractivity contribution in [3.05, 3.63) is 53.3 Å². The summed E-state index contributed by atoms with van der Waals surface area (Å²) in [6.07, 6.45) is 3.09. The molecular formula is C22H28ClN5O3. The summed E-state index contributed by atoms with van der Waals surface area (Å²) in [7, 11) is 0. The van der Waals surface area contributed by atoms with Crippen molar-refractivity contribution in [1.82, 2.24) is 19.8 Å². The Morgan fingerprint density at radius 3 is 2.42 bits per heavy atom. The minimum Gasteiger partial charge on any atom is -0.388 e. The van der Waals surface area contributed by atoms with E-state index in [1.165, 1.54) is 0 Å². The first kappa shape index (κ1) is 22.0. The van der Waals surface area contributed by atoms with E-state index < -0.39 is 11.7 Å². The van der Waals surface area contributed by atoms with Gasteiger partial charge in [0.15, 0.2) is 0 Å². The van der Waals surface area contributed by atoms with Gasteiger partial charge in [0.25, 0.3) is 0 Å². The number of halogens is 1. The van der Waals surface area contributed by atoms with Gasteiger partial charge in [0, 0.05) is 63.2 Å². The molecule has 166 valence electrons. The SMILES string of the molecule is O=C(Cc1ccc(Cl)cc1)N1CC[C@](O)(CN2CCN(c3ncccn3)CC2)[C@@H](O)C1. The Bertz CT molecular complexity index is 876. The number of aliphatic hydroxyl groups is 2. The van der Waals surface area contributed by atoms with Gasteiger partial charge in [-0.2, -0.15) is 0 Å². The molecule has 2 atom stereocenters. The van der Waals surface area contributed by atoms with Crippen LogP contribution >= 0.6 is 11.6 Å². The zero-order valence-electron chi connectivity index (χ0n) is 17.4. The summed E-state index contributed by atoms with van der Waals surface area (Å²) in [5.74, 6) is 0.660. The van der Waals surface area contributed by atoms with Crippen LogP contribution in [0.25, 0.3) is 0 Å². The predicted molar refractivity (Wildman–Crippen MR) is 118 cm³/mol. The molecule has 2 aliphatic rings. The van der Waals surface area contributed by atoms with Crippen LogP contribution in [0.1, 0.15) is 12.0 Å². The van der Waals surface area contributed by atoms with Crippen LogP contribution in [0.2, 0.25) is 5.02 Å². The molecule has 3 heterocycles. The molecule has 0 radical (unpaired) electrons. The average Bonchev–Trinajstić information content (AvgIpc) is 2.78. The van der Waals surface area contributed by atoms with E-state index in [1.54, 1.807) is 35.5 Å². The zero-order valence-corrected chi connectivity index (χ0v) is 18.2. The lowest BCUT2D eigenvalue weighted by molar-refractivity contribution is -0.153. The molecular weight excluding hydrogens is 418 g/mol. The zero-order chi connectivity index (χ0) is 21.8. The van der Waals surface area contributed by atoms with Gasteiger partial charge in [-0.25, -0.2) is 9.97 Å². The fourth-order valence-electron chi connectivity index (χ4n) is 4.21. The topological polar surface area (TPSA) is 93.0 Å². The van der Waals surface area contributed by atoms with E-state index in [-0.39, 0.29) is 18.9 Å². The standard InChI is InChI=1S/C22H28ClN5O3/c23-18-4-2-17(3-5-18)14-20(30)28-9-6-22(31,19(29)15-28)16-26-10-12-27(13-11-26)21-24-7-1-8-25-21/h1-5,7-8,19,29,31H,6,9-16H2/t19-,22-/m0/s1. The Labute approximate surface area is 187 Å². The summed E-state index contributed by atoms with van der Waals surface area (Å²) in [6.45, 7) is 4.00. The lowest BCUT2D eigenvalue weighted by Crippen LogP contribution is -2.62. The van der Waals surface area contributed by atoms with Gasteiger partial charge in [-0.05, 0) is 30.2 Å². The maximum Gasteiger partial charge on any atom is 0.227 e. The lowest BCUT2D eigenvalue weighted by Gasteiger charge is -2.45. The number of hydrogen-bond donors (Lipinski definition) is 2. The Morgan fingerprint density at radius 2 is 1.77 bits per heavy atom. The van der Waals surface area contributed by atoms with Crippen LogP contribution in [0.3, 0.4) is 0 Å². The first-order valence-electron chi connectivity index (χ1n) is 10.6. The van der Waals surface area contributed by atoms with Crippen molar-refractivity contribution in [2.24, 2.45) is 0 Å². The first-order chi connectivity index (χ1) is 14.9. The average molecular weight is 446 g/mol. The number of amides is 1. The summed E-state index contributed by atoms with van der Waals surface area (Å²) in [5.41, 5.74) is -0.340. The van der Waals surface area contributed by atoms with Gasteiger partial charge in [-0.15, -0.1) is 0 Å². The normalized spacial score (nSPS) is 24.9. The minimum atomic E-state index is -1.22. The minimum absolute atomic E-state index is 0.0557. The molecule has 4 rings (SSSR count). The number of piperazine rings is 1. The van der Waals surface area contributed by atoms with E-state index >= 15 is 0 Å². The first-order valence-corrected chi connectivity index (χ1v) is 11.0. The van der Waals surface area contributed by atoms with Gasteiger partial charge in [-0.3, -0.25) is 9.69 Å². The molecule has 0 unspecified atom stereocenters. The lowest BCUT2D eigenvalue weighted by atomic mass is 9.87. The van der Waals surface area contributed by atoms with Crippen LogP contribution < -0.4 is 4.90 Å². The summed E-state index contributed by atoms with van der Waals surface area (Å²) in [4.78, 5) is 27.1. The number of carbonyl (C=O) groups is 1. The third-order valence-electron chi connectivity index (χ3n) is 6.15. The van der Waals surface area contributed by atoms with Crippen LogP contribution in [0.5, 0.6) is 0 Å². The Balaban J connectivity index is 1.28. The van der Waals surface area contributed by atoms with Gasteiger partial charge in [0.05, 0.1) is 6.42 Å². The van der Waals surface area contributed by atoms with Gasteiger partial charge in [0.1, 0.15) is 11.7 Å². The quantitative estimate of drug-likeness (QED) is 0.703. The van der Waals surface area contributed by atoms with E-state index in [9.17, 15) is 15.0 Å². The van der Waals surface area contributed by atoms with Crippen LogP contribution in [-0.4, -0.2) is 93.4 Å². The maximum absolute atomic E-state index is 12.6. The number of hydrogen-bond acceptors (Lipinski definition) is 7. The number of β-amino-alcohol motifs (C(OH)–C–C–N with tert-alkyl or cyclic N) is 2. The number of nitrogens with zero attached hydrogens (tertiary/aromatic N) is 5. The summed E-state index contributed by atoms with van der Waals surface area (Å²) < 4.78 is 0. The van der Waals surface area contributed by atoms with E-state index in [4.69, 9.17) is 11.6 Å². The molecule has 31 heavy (non-hydrogen) atoms. The number of aliphatic hydroxyl groups excluding tert-OH is 1. The molecule has 0 bridgehead atoms. The summed E-state index contributed by atoms with van der Waals surface area (Å²) in [5, 5.41) is 22.4. The molecule has 8 nitrogen and oxygen atoms in total. The Hall–Kier alpha value is -2.26. The van der Waals surface area contributed by atoms with Crippen LogP contribution in [0.4, 0.5) is 5.95 Å². The number of aromatic nitrogens is 2. The Morgan fingerprint density at radius 1 is 1.10 bits per heavy atom. The van der Waals surface area contributed by atoms with Gasteiger partial charge >= 0.3 is 0 Å². The number of benzene rings is 1. The molecule has 1 amide bonds. The molecule has 1 aromatic heterocycles. The van der Waals surface area contributed by atoms with Crippen molar-refractivity contribution in [1.29, 1.82) is 0 Å². The number of likely N-dealkylation sites (tertiary alicyclic amines) is 1. The smallest absolute Gasteiger partial charge is 0.227 e. The number of carbonyl (C=O) groups excluding carboxylic acids is 1. The van der Waals surface area contributed by atoms with Crippen molar-refractivity contribution in [2.75, 3.05) is 50.7 Å². The highest BCUT2D eigenvalue weighted by Crippen LogP contribution is 2.25. The van der Waals surface area contributed by atoms with Gasteiger partial charge in [0.2, 0.25) is 11.9 Å². The summed E-state index contributed by atoms with van der Waals surface area (Å²) >= 11 is 5.90. The number of anilines is 1. The van der Waals surface area contributed by atoms with Crippen molar-refractivity contribution >= 4 is 23.5 Å². The van der Waals surface area contributed by atoms with Crippen LogP contribution in [0.15, 0.2) is 42.7 Å². The Kier molecular flexibility index (Phi) is 6.71. The fourth-order valence-corrected chi connectivity index (χ4v) is 4.34. The van der Waals surface area contributed by atoms with E-state index in [0.29, 0.717) is 30.5 Å². The van der Waals surface area contributed by atoms with E-state index in [2.05, 4.69) is 19.8 Å². The number of piperidine rings is 1.